The zero-order chi connectivity index (χ0) is 18.5. The van der Waals surface area contributed by atoms with E-state index in [9.17, 15) is 18.0 Å². The Morgan fingerprint density at radius 1 is 1.32 bits per heavy atom. The predicted octanol–water partition coefficient (Wildman–Crippen LogP) is 3.02. The van der Waals surface area contributed by atoms with Crippen LogP contribution in [0.5, 0.6) is 17.2 Å². The first-order valence-corrected chi connectivity index (χ1v) is 9.46. The molecule has 25 heavy (non-hydrogen) atoms. The molecule has 0 radical (unpaired) electrons. The van der Waals surface area contributed by atoms with Gasteiger partial charge in [0.05, 0.1) is 19.3 Å². The van der Waals surface area contributed by atoms with Crippen molar-refractivity contribution in [1.29, 1.82) is 0 Å². The highest BCUT2D eigenvalue weighted by Gasteiger charge is 2.70. The fourth-order valence-electron chi connectivity index (χ4n) is 2.45. The highest BCUT2D eigenvalue weighted by molar-refractivity contribution is 8.07. The smallest absolute Gasteiger partial charge is 0.433 e. The van der Waals surface area contributed by atoms with Crippen molar-refractivity contribution in [2.75, 3.05) is 20.5 Å². The average molecular weight is 400 g/mol. The van der Waals surface area contributed by atoms with Gasteiger partial charge in [-0.25, -0.2) is 4.79 Å². The molecule has 0 amide bonds. The number of ether oxygens (including phenoxy) is 3. The van der Waals surface area contributed by atoms with E-state index in [0.29, 0.717) is 0 Å². The van der Waals surface area contributed by atoms with E-state index in [1.807, 2.05) is 0 Å². The summed E-state index contributed by atoms with van der Waals surface area (Å²) in [5.74, 6) is -1.87. The van der Waals surface area contributed by atoms with E-state index >= 15 is 0 Å². The molecule has 2 aliphatic rings. The normalized spacial score (nSPS) is 27.4. The number of fused-ring (bicyclic) bond motifs is 2. The van der Waals surface area contributed by atoms with Crippen LogP contribution in [0.25, 0.3) is 0 Å². The highest BCUT2D eigenvalue weighted by atomic mass is 32.5. The standard InChI is InChI=1S/C13H12F3O7PS/c1-3-21-24(25)22-8-5-10-9(19-6-20-10)4-7(8)12(23-24,11(17)18-2)13(14,15)16/h4-5H,3,6H2,1-2H3/t12-,24+/m1/s1. The minimum Gasteiger partial charge on any atom is -0.466 e. The monoisotopic (exact) mass is 400 g/mol. The summed E-state index contributed by atoms with van der Waals surface area (Å²) in [6, 6.07) is 2.12. The summed E-state index contributed by atoms with van der Waals surface area (Å²) in [7, 11) is 0.811. The number of halogens is 3. The topological polar surface area (TPSA) is 72.5 Å². The van der Waals surface area contributed by atoms with Crippen molar-refractivity contribution in [3.05, 3.63) is 17.7 Å². The fraction of sp³-hybridized carbons (Fsp3) is 0.462. The van der Waals surface area contributed by atoms with Gasteiger partial charge in [0.2, 0.25) is 6.79 Å². The molecule has 0 saturated carbocycles. The number of hydrogen-bond donors (Lipinski definition) is 0. The third-order valence-corrected chi connectivity index (χ3v) is 5.73. The van der Waals surface area contributed by atoms with E-state index in [1.54, 1.807) is 0 Å². The first-order chi connectivity index (χ1) is 11.7. The Kier molecular flexibility index (Phi) is 4.39. The third-order valence-electron chi connectivity index (χ3n) is 3.47. The van der Waals surface area contributed by atoms with E-state index in [0.717, 1.165) is 19.2 Å². The lowest BCUT2D eigenvalue weighted by molar-refractivity contribution is -0.261. The molecule has 0 unspecified atom stereocenters. The van der Waals surface area contributed by atoms with Crippen LogP contribution >= 0.6 is 6.72 Å². The zero-order valence-corrected chi connectivity index (χ0v) is 14.6. The quantitative estimate of drug-likeness (QED) is 0.567. The first-order valence-electron chi connectivity index (χ1n) is 6.91. The van der Waals surface area contributed by atoms with Crippen molar-refractivity contribution < 1.29 is 45.7 Å². The number of alkyl halides is 3. The maximum atomic E-state index is 14.0. The summed E-state index contributed by atoms with van der Waals surface area (Å²) in [6.07, 6.45) is -5.20. The molecule has 1 aromatic carbocycles. The van der Waals surface area contributed by atoms with Gasteiger partial charge in [0.25, 0.3) is 5.60 Å². The van der Waals surface area contributed by atoms with Gasteiger partial charge in [0.15, 0.2) is 11.5 Å². The predicted molar refractivity (Wildman–Crippen MR) is 79.9 cm³/mol. The van der Waals surface area contributed by atoms with Gasteiger partial charge in [-0.3, -0.25) is 9.05 Å². The van der Waals surface area contributed by atoms with Crippen LogP contribution in [0.3, 0.4) is 0 Å². The molecule has 0 bridgehead atoms. The van der Waals surface area contributed by atoms with E-state index in [1.165, 1.54) is 6.92 Å². The maximum Gasteiger partial charge on any atom is 0.433 e. The van der Waals surface area contributed by atoms with Crippen LogP contribution in [0.1, 0.15) is 12.5 Å². The van der Waals surface area contributed by atoms with Crippen LogP contribution in [0, 0.1) is 0 Å². The molecule has 1 aromatic rings. The largest absolute Gasteiger partial charge is 0.466 e. The molecule has 0 aromatic heterocycles. The molecular weight excluding hydrogens is 388 g/mol. The van der Waals surface area contributed by atoms with Gasteiger partial charge in [-0.1, -0.05) is 0 Å². The SMILES string of the molecule is CCO[P@]1(=S)Oc2cc3c(cc2[C@@](C(=O)OC)(C(F)(F)F)O1)OCO3. The zero-order valence-electron chi connectivity index (χ0n) is 12.9. The Morgan fingerprint density at radius 2 is 1.96 bits per heavy atom. The van der Waals surface area contributed by atoms with E-state index in [2.05, 4.69) is 4.74 Å². The summed E-state index contributed by atoms with van der Waals surface area (Å²) in [6.45, 7) is -2.70. The maximum absolute atomic E-state index is 14.0. The minimum absolute atomic E-state index is 0.00934. The second-order valence-corrected chi connectivity index (χ2v) is 7.78. The number of esters is 1. The number of methoxy groups -OCH3 is 1. The van der Waals surface area contributed by atoms with Crippen molar-refractivity contribution in [3.8, 4) is 17.2 Å². The van der Waals surface area contributed by atoms with Crippen molar-refractivity contribution in [2.45, 2.75) is 18.7 Å². The Balaban J connectivity index is 2.30. The lowest BCUT2D eigenvalue weighted by atomic mass is 9.91. The molecule has 2 heterocycles. The summed E-state index contributed by atoms with van der Waals surface area (Å²) in [5, 5.41) is 0. The van der Waals surface area contributed by atoms with E-state index < -0.39 is 30.0 Å². The molecule has 2 aliphatic heterocycles. The van der Waals surface area contributed by atoms with Gasteiger partial charge < -0.3 is 18.7 Å². The van der Waals surface area contributed by atoms with Gasteiger partial charge in [0.1, 0.15) is 5.75 Å². The van der Waals surface area contributed by atoms with Gasteiger partial charge in [-0.05, 0) is 13.0 Å². The van der Waals surface area contributed by atoms with Crippen LogP contribution in [0.15, 0.2) is 12.1 Å². The van der Waals surface area contributed by atoms with Crippen molar-refractivity contribution >= 4 is 24.5 Å². The molecule has 12 heteroatoms. The minimum atomic E-state index is -5.20. The van der Waals surface area contributed by atoms with Crippen molar-refractivity contribution in [1.82, 2.24) is 0 Å². The van der Waals surface area contributed by atoms with Crippen LogP contribution < -0.4 is 14.0 Å². The molecule has 0 aliphatic carbocycles. The Hall–Kier alpha value is -1.55. The summed E-state index contributed by atoms with van der Waals surface area (Å²) < 4.78 is 72.1. The van der Waals surface area contributed by atoms with Gasteiger partial charge in [0, 0.05) is 17.9 Å². The van der Waals surface area contributed by atoms with Gasteiger partial charge >= 0.3 is 18.9 Å². The molecule has 138 valence electrons. The fourth-order valence-corrected chi connectivity index (χ4v) is 4.81. The van der Waals surface area contributed by atoms with Gasteiger partial charge in [-0.2, -0.15) is 13.2 Å². The molecule has 0 spiro atoms. The number of rotatable bonds is 3. The first kappa shape index (κ1) is 18.2. The highest BCUT2D eigenvalue weighted by Crippen LogP contribution is 2.65. The van der Waals surface area contributed by atoms with Crippen LogP contribution in [0.2, 0.25) is 0 Å². The second kappa shape index (κ2) is 6.01. The van der Waals surface area contributed by atoms with Crippen LogP contribution in [-0.2, 0) is 36.0 Å². The van der Waals surface area contributed by atoms with E-state index in [4.69, 9.17) is 34.9 Å². The average Bonchev–Trinajstić information content (AvgIpc) is 2.97. The van der Waals surface area contributed by atoms with Crippen molar-refractivity contribution in [2.24, 2.45) is 0 Å². The molecule has 0 N–H and O–H groups in total. The summed E-state index contributed by atoms with van der Waals surface area (Å²) in [4.78, 5) is 12.2. The van der Waals surface area contributed by atoms with Gasteiger partial charge in [-0.15, -0.1) is 0 Å². The lowest BCUT2D eigenvalue weighted by Gasteiger charge is -2.41. The molecule has 0 saturated heterocycles. The number of hydrogen-bond acceptors (Lipinski definition) is 8. The Bertz CT molecular complexity index is 769. The van der Waals surface area contributed by atoms with Crippen molar-refractivity contribution in [3.63, 3.8) is 0 Å². The number of carbonyl (C=O) groups is 1. The third kappa shape index (κ3) is 2.75. The van der Waals surface area contributed by atoms with Crippen LogP contribution in [0.4, 0.5) is 13.2 Å². The molecule has 2 atom stereocenters. The Labute approximate surface area is 145 Å². The molecule has 0 fully saturated rings. The summed E-state index contributed by atoms with van der Waals surface area (Å²) in [5.41, 5.74) is -4.14. The molecule has 3 rings (SSSR count). The second-order valence-electron chi connectivity index (χ2n) is 4.92. The van der Waals surface area contributed by atoms with E-state index in [-0.39, 0.29) is 30.6 Å². The summed E-state index contributed by atoms with van der Waals surface area (Å²) >= 11 is 5.01. The van der Waals surface area contributed by atoms with Crippen LogP contribution in [-0.4, -0.2) is 32.7 Å². The lowest BCUT2D eigenvalue weighted by Crippen LogP contribution is -2.53. The number of carbonyl (C=O) groups excluding carboxylic acids is 1. The Morgan fingerprint density at radius 3 is 2.52 bits per heavy atom. The molecule has 7 nitrogen and oxygen atoms in total. The molecular formula is C13H12F3O7PS. The number of benzene rings is 1.